The summed E-state index contributed by atoms with van der Waals surface area (Å²) in [7, 11) is 1.58. The van der Waals surface area contributed by atoms with Crippen molar-refractivity contribution in [2.24, 2.45) is 5.16 Å². The molecule has 2 amide bonds. The molecule has 18 heteroatoms. The molecule has 1 fully saturated rings. The third-order valence-electron chi connectivity index (χ3n) is 15.0. The predicted molar refractivity (Wildman–Crippen MR) is 321 cm³/mol. The highest BCUT2D eigenvalue weighted by Gasteiger charge is 2.55. The van der Waals surface area contributed by atoms with Gasteiger partial charge in [-0.1, -0.05) is 209 Å². The number of thioether (sulfide) groups is 1. The minimum atomic E-state index is -1.39. The molecule has 5 heterocycles. The molecular formula is C66H56IN9O6S2. The predicted octanol–water partition coefficient (Wildman–Crippen LogP) is 7.20. The lowest BCUT2D eigenvalue weighted by Crippen LogP contribution is -3.00. The number of β-lactam (4-membered cyclic amide) rings is 1. The van der Waals surface area contributed by atoms with Crippen molar-refractivity contribution in [2.75, 3.05) is 23.9 Å². The summed E-state index contributed by atoms with van der Waals surface area (Å²) in [6, 6.07) is 69.4. The highest BCUT2D eigenvalue weighted by molar-refractivity contribution is 8.00. The van der Waals surface area contributed by atoms with Crippen molar-refractivity contribution in [3.05, 3.63) is 292 Å². The van der Waals surface area contributed by atoms with Crippen molar-refractivity contribution in [2.45, 2.75) is 42.6 Å². The Bertz CT molecular complexity index is 3830. The second-order valence-corrected chi connectivity index (χ2v) is 21.9. The fraction of sp³-hybridized carbons (Fsp3) is 0.136. The van der Waals surface area contributed by atoms with Crippen LogP contribution in [0.5, 0.6) is 5.75 Å². The SMILES string of the molecule is COc1ccc(COC(=O)C2=C(C[n+]3c(C)cc(N)n4nccc43)CS[C@H]3[C@H](NC(=O)C(=NOC(c4ccccc4)(c4ccccc4)c4ccccc4)c4csc(NC(c5ccccc5)(c5ccccc5)c5ccccc5)n4)C(=O)N23)cc1.[I-]. The van der Waals surface area contributed by atoms with Crippen molar-refractivity contribution in [1.82, 2.24) is 24.8 Å². The van der Waals surface area contributed by atoms with Gasteiger partial charge in [0.05, 0.1) is 19.4 Å². The van der Waals surface area contributed by atoms with E-state index in [0.29, 0.717) is 33.7 Å². The van der Waals surface area contributed by atoms with E-state index in [-0.39, 0.29) is 54.2 Å². The number of methoxy groups -OCH3 is 1. The summed E-state index contributed by atoms with van der Waals surface area (Å²) < 4.78 is 15.0. The molecule has 1 saturated heterocycles. The number of anilines is 2. The van der Waals surface area contributed by atoms with Gasteiger partial charge in [0.15, 0.2) is 10.8 Å². The van der Waals surface area contributed by atoms with Gasteiger partial charge in [-0.25, -0.2) is 14.3 Å². The number of nitrogens with one attached hydrogen (secondary N) is 2. The van der Waals surface area contributed by atoms with Gasteiger partial charge in [0.1, 0.15) is 52.9 Å². The summed E-state index contributed by atoms with van der Waals surface area (Å²) in [5.74, 6) is -0.499. The molecule has 3 aromatic heterocycles. The minimum Gasteiger partial charge on any atom is -1.00 e. The number of hydrogen-bond donors (Lipinski definition) is 3. The summed E-state index contributed by atoms with van der Waals surface area (Å²) in [6.45, 7) is 2.07. The van der Waals surface area contributed by atoms with Crippen molar-refractivity contribution in [1.29, 1.82) is 0 Å². The van der Waals surface area contributed by atoms with E-state index in [1.807, 2.05) is 175 Å². The zero-order valence-corrected chi connectivity index (χ0v) is 49.4. The number of oxime groups is 1. The van der Waals surface area contributed by atoms with Gasteiger partial charge in [-0.15, -0.1) is 23.1 Å². The summed E-state index contributed by atoms with van der Waals surface area (Å²) in [5, 5.41) is 17.7. The molecular weight excluding hydrogens is 1210 g/mol. The number of hydrogen-bond acceptors (Lipinski definition) is 13. The summed E-state index contributed by atoms with van der Waals surface area (Å²) >= 11 is 2.73. The number of benzene rings is 7. The number of esters is 1. The number of thiazole rings is 1. The van der Waals surface area contributed by atoms with Crippen molar-refractivity contribution in [3.63, 3.8) is 0 Å². The molecule has 2 atom stereocenters. The van der Waals surface area contributed by atoms with Crippen LogP contribution in [0.2, 0.25) is 0 Å². The number of aromatic nitrogens is 4. The van der Waals surface area contributed by atoms with Crippen molar-refractivity contribution in [3.8, 4) is 5.75 Å². The van der Waals surface area contributed by atoms with Crippen LogP contribution in [0.25, 0.3) is 5.65 Å². The third-order valence-corrected chi connectivity index (χ3v) is 17.1. The minimum absolute atomic E-state index is 0. The van der Waals surface area contributed by atoms with Crippen LogP contribution in [0.3, 0.4) is 0 Å². The van der Waals surface area contributed by atoms with Crippen LogP contribution in [0.4, 0.5) is 10.9 Å². The number of nitrogens with two attached hydrogens (primary N) is 1. The maximum atomic E-state index is 15.6. The number of ether oxygens (including phenoxy) is 2. The number of aryl methyl sites for hydroxylation is 1. The van der Waals surface area contributed by atoms with E-state index in [1.165, 1.54) is 28.0 Å². The van der Waals surface area contributed by atoms with E-state index in [2.05, 4.69) is 52.1 Å². The first-order valence-corrected chi connectivity index (χ1v) is 28.8. The maximum absolute atomic E-state index is 15.6. The molecule has 0 bridgehead atoms. The topological polar surface area (TPSA) is 179 Å². The molecule has 420 valence electrons. The van der Waals surface area contributed by atoms with E-state index >= 15 is 4.79 Å². The number of nitrogens with zero attached hydrogens (tertiary/aromatic N) is 6. The lowest BCUT2D eigenvalue weighted by Gasteiger charge is -2.49. The van der Waals surface area contributed by atoms with Gasteiger partial charge in [-0.3, -0.25) is 14.5 Å². The second kappa shape index (κ2) is 24.8. The number of carbonyl (C=O) groups excluding carboxylic acids is 3. The van der Waals surface area contributed by atoms with Crippen LogP contribution < -0.4 is 49.6 Å². The standard InChI is InChI=1S/C66H55N9O6S2.HI/c1-44-39-55(67)75-56(37-38-68-75)73(44)40-46-42-82-62-58(61(77)74(62)59(46)63(78)80-41-45-33-35-53(79-2)36-34-45)70-60(76)57(72-81-66(50-27-15-6-16-28-50,51-29-17-7-18-30-51)52-31-19-8-20-32-52)54-43-83-64(69-54)71-65(47-21-9-3-10-22-47,48-23-11-4-12-24-48)49-25-13-5-14-26-49;/h3-39,43,58,62,67H,40-42H2,1-2H3,(H2,69,70,71,76);1H/t58-,62+;/m1./s1. The Morgan fingerprint density at radius 2 is 1.26 bits per heavy atom. The van der Waals surface area contributed by atoms with Gasteiger partial charge < -0.3 is 54.7 Å². The highest BCUT2D eigenvalue weighted by atomic mass is 127. The molecule has 84 heavy (non-hydrogen) atoms. The first kappa shape index (κ1) is 56.7. The number of carbonyl (C=O) groups is 3. The molecule has 2 aliphatic rings. The van der Waals surface area contributed by atoms with Crippen LogP contribution in [0, 0.1) is 6.92 Å². The number of fused-ring (bicyclic) bond motifs is 2. The highest BCUT2D eigenvalue weighted by Crippen LogP contribution is 2.44. The molecule has 4 N–H and O–H groups in total. The molecule has 0 spiro atoms. The Morgan fingerprint density at radius 3 is 1.79 bits per heavy atom. The first-order chi connectivity index (χ1) is 40.7. The Balaban J connectivity index is 0.00000736. The molecule has 2 aliphatic heterocycles. The average molecular weight is 1260 g/mol. The van der Waals surface area contributed by atoms with E-state index < -0.39 is 40.3 Å². The van der Waals surface area contributed by atoms with Gasteiger partial charge in [-0.2, -0.15) is 0 Å². The van der Waals surface area contributed by atoms with Crippen LogP contribution in [0.1, 0.15) is 50.3 Å². The van der Waals surface area contributed by atoms with Crippen molar-refractivity contribution < 1.29 is 57.2 Å². The zero-order chi connectivity index (χ0) is 56.9. The molecule has 0 unspecified atom stereocenters. The molecule has 15 nitrogen and oxygen atoms in total. The van der Waals surface area contributed by atoms with Crippen LogP contribution >= 0.6 is 23.1 Å². The largest absolute Gasteiger partial charge is 1.00 e. The van der Waals surface area contributed by atoms with E-state index in [0.717, 1.165) is 44.6 Å². The Kier molecular flexibility index (Phi) is 16.7. The van der Waals surface area contributed by atoms with Gasteiger partial charge >= 0.3 is 11.6 Å². The molecule has 0 aliphatic carbocycles. The van der Waals surface area contributed by atoms with Gasteiger partial charge in [0, 0.05) is 39.5 Å². The summed E-state index contributed by atoms with van der Waals surface area (Å²) in [5.41, 5.74) is 12.1. The Labute approximate surface area is 510 Å². The van der Waals surface area contributed by atoms with E-state index in [1.54, 1.807) is 41.4 Å². The lowest BCUT2D eigenvalue weighted by molar-refractivity contribution is -0.672. The fourth-order valence-corrected chi connectivity index (χ4v) is 13.0. The number of rotatable bonds is 19. The number of halogens is 1. The second-order valence-electron chi connectivity index (χ2n) is 20.0. The quantitative estimate of drug-likeness (QED) is 0.0142. The van der Waals surface area contributed by atoms with Crippen LogP contribution in [-0.2, 0) is 48.2 Å². The van der Waals surface area contributed by atoms with Crippen molar-refractivity contribution >= 4 is 63.2 Å². The Hall–Kier alpha value is -9.11. The van der Waals surface area contributed by atoms with Gasteiger partial charge in [0.2, 0.25) is 11.4 Å². The average Bonchev–Trinajstić information content (AvgIpc) is 2.56. The lowest BCUT2D eigenvalue weighted by atomic mass is 9.77. The number of nitrogen functional groups attached to an aromatic ring is 1. The molecule has 10 aromatic rings. The monoisotopic (exact) mass is 1260 g/mol. The van der Waals surface area contributed by atoms with Crippen LogP contribution in [-0.4, -0.2) is 67.3 Å². The Morgan fingerprint density at radius 1 is 0.738 bits per heavy atom. The summed E-state index contributed by atoms with van der Waals surface area (Å²) in [6.07, 6.45) is 1.65. The number of amides is 2. The van der Waals surface area contributed by atoms with Gasteiger partial charge in [-0.05, 0) is 41.3 Å². The van der Waals surface area contributed by atoms with Gasteiger partial charge in [0.25, 0.3) is 11.8 Å². The summed E-state index contributed by atoms with van der Waals surface area (Å²) in [4.78, 5) is 58.8. The van der Waals surface area contributed by atoms with E-state index in [9.17, 15) is 9.59 Å². The molecule has 0 saturated carbocycles. The molecule has 7 aromatic carbocycles. The normalized spacial score (nSPS) is 15.1. The maximum Gasteiger partial charge on any atom is 0.355 e. The zero-order valence-electron chi connectivity index (χ0n) is 45.6. The smallest absolute Gasteiger partial charge is 0.355 e. The van der Waals surface area contributed by atoms with Crippen LogP contribution in [0.15, 0.2) is 246 Å². The third kappa shape index (κ3) is 10.8. The molecule has 12 rings (SSSR count). The first-order valence-electron chi connectivity index (χ1n) is 26.9. The fourth-order valence-electron chi connectivity index (χ4n) is 10.9. The molecule has 0 radical (unpaired) electrons. The van der Waals surface area contributed by atoms with E-state index in [4.69, 9.17) is 30.2 Å².